The molecule has 0 aliphatic rings. The lowest BCUT2D eigenvalue weighted by molar-refractivity contribution is -0.141. The molecule has 0 atom stereocenters. The van der Waals surface area contributed by atoms with Crippen molar-refractivity contribution >= 4 is 11.6 Å². The molecule has 1 aromatic carbocycles. The predicted molar refractivity (Wildman–Crippen MR) is 89.5 cm³/mol. The van der Waals surface area contributed by atoms with Crippen LogP contribution < -0.4 is 5.32 Å². The Morgan fingerprint density at radius 2 is 1.64 bits per heavy atom. The van der Waals surface area contributed by atoms with Crippen molar-refractivity contribution in [3.63, 3.8) is 0 Å². The zero-order valence-electron chi connectivity index (χ0n) is 13.6. The summed E-state index contributed by atoms with van der Waals surface area (Å²) in [6.45, 7) is 3.81. The molecule has 0 saturated heterocycles. The number of nitrogens with zero attached hydrogens (tertiary/aromatic N) is 3. The van der Waals surface area contributed by atoms with E-state index in [9.17, 15) is 13.2 Å². The Morgan fingerprint density at radius 1 is 0.880 bits per heavy atom. The molecule has 3 aromatic rings. The third-order valence-corrected chi connectivity index (χ3v) is 3.51. The third kappa shape index (κ3) is 4.12. The van der Waals surface area contributed by atoms with E-state index in [2.05, 4.69) is 20.3 Å². The van der Waals surface area contributed by atoms with Gasteiger partial charge in [0.05, 0.1) is 0 Å². The molecule has 4 nitrogen and oxygen atoms in total. The van der Waals surface area contributed by atoms with Crippen molar-refractivity contribution in [2.24, 2.45) is 0 Å². The number of aryl methyl sites for hydroxylation is 2. The number of anilines is 2. The number of rotatable bonds is 3. The maximum absolute atomic E-state index is 12.8. The molecule has 7 heteroatoms. The second kappa shape index (κ2) is 6.51. The molecule has 0 spiro atoms. The van der Waals surface area contributed by atoms with Gasteiger partial charge in [-0.3, -0.25) is 4.98 Å². The van der Waals surface area contributed by atoms with Gasteiger partial charge < -0.3 is 5.32 Å². The van der Waals surface area contributed by atoms with Crippen LogP contribution in [-0.4, -0.2) is 15.0 Å². The topological polar surface area (TPSA) is 50.7 Å². The van der Waals surface area contributed by atoms with E-state index in [1.54, 1.807) is 6.20 Å². The molecule has 25 heavy (non-hydrogen) atoms. The van der Waals surface area contributed by atoms with Crippen LogP contribution in [0.1, 0.15) is 17.0 Å². The van der Waals surface area contributed by atoms with Crippen LogP contribution in [0.4, 0.5) is 24.8 Å². The van der Waals surface area contributed by atoms with Crippen LogP contribution in [0.5, 0.6) is 0 Å². The number of pyridine rings is 1. The minimum absolute atomic E-state index is 0.0997. The standard InChI is InChI=1S/C18H15F3N4/c1-11-7-14(13-3-5-22-12(2)9-13)10-15(8-11)24-17-23-6-4-16(25-17)18(19,20)21/h3-10H,1-2H3,(H,23,24,25). The van der Waals surface area contributed by atoms with E-state index >= 15 is 0 Å². The quantitative estimate of drug-likeness (QED) is 0.733. The first-order valence-corrected chi connectivity index (χ1v) is 7.53. The summed E-state index contributed by atoms with van der Waals surface area (Å²) in [5, 5.41) is 2.84. The number of aromatic nitrogens is 3. The minimum Gasteiger partial charge on any atom is -0.324 e. The van der Waals surface area contributed by atoms with Crippen LogP contribution in [0.2, 0.25) is 0 Å². The summed E-state index contributed by atoms with van der Waals surface area (Å²) in [4.78, 5) is 11.6. The van der Waals surface area contributed by atoms with Gasteiger partial charge in [-0.2, -0.15) is 13.2 Å². The fourth-order valence-electron chi connectivity index (χ4n) is 2.45. The number of hydrogen-bond acceptors (Lipinski definition) is 4. The average Bonchev–Trinajstić information content (AvgIpc) is 2.54. The molecule has 0 fully saturated rings. The van der Waals surface area contributed by atoms with Crippen LogP contribution in [0.25, 0.3) is 11.1 Å². The van der Waals surface area contributed by atoms with Crippen molar-refractivity contribution in [1.29, 1.82) is 0 Å². The highest BCUT2D eigenvalue weighted by atomic mass is 19.4. The van der Waals surface area contributed by atoms with Crippen molar-refractivity contribution < 1.29 is 13.2 Å². The molecular formula is C18H15F3N4. The Balaban J connectivity index is 1.94. The van der Waals surface area contributed by atoms with Crippen molar-refractivity contribution in [2.45, 2.75) is 20.0 Å². The Morgan fingerprint density at radius 3 is 2.36 bits per heavy atom. The summed E-state index contributed by atoms with van der Waals surface area (Å²) in [7, 11) is 0. The third-order valence-electron chi connectivity index (χ3n) is 3.51. The van der Waals surface area contributed by atoms with Crippen LogP contribution >= 0.6 is 0 Å². The minimum atomic E-state index is -4.51. The van der Waals surface area contributed by atoms with E-state index in [0.29, 0.717) is 5.69 Å². The maximum Gasteiger partial charge on any atom is 0.433 e. The molecule has 0 saturated carbocycles. The molecule has 0 radical (unpaired) electrons. The second-order valence-electron chi connectivity index (χ2n) is 5.66. The SMILES string of the molecule is Cc1cc(Nc2nccc(C(F)(F)F)n2)cc(-c2ccnc(C)c2)c1. The predicted octanol–water partition coefficient (Wildman–Crippen LogP) is 4.92. The molecular weight excluding hydrogens is 329 g/mol. The van der Waals surface area contributed by atoms with Gasteiger partial charge in [-0.15, -0.1) is 0 Å². The van der Waals surface area contributed by atoms with Gasteiger partial charge in [0.15, 0.2) is 0 Å². The first-order valence-electron chi connectivity index (χ1n) is 7.53. The Hall–Kier alpha value is -2.96. The number of hydrogen-bond donors (Lipinski definition) is 1. The number of benzene rings is 1. The zero-order chi connectivity index (χ0) is 18.0. The molecule has 2 aromatic heterocycles. The highest BCUT2D eigenvalue weighted by molar-refractivity contribution is 5.71. The van der Waals surface area contributed by atoms with E-state index in [-0.39, 0.29) is 5.95 Å². The van der Waals surface area contributed by atoms with Crippen molar-refractivity contribution in [1.82, 2.24) is 15.0 Å². The maximum atomic E-state index is 12.8. The van der Waals surface area contributed by atoms with Crippen LogP contribution in [0.3, 0.4) is 0 Å². The van der Waals surface area contributed by atoms with Gasteiger partial charge in [-0.25, -0.2) is 9.97 Å². The van der Waals surface area contributed by atoms with Crippen molar-refractivity contribution in [3.05, 3.63) is 65.7 Å². The lowest BCUT2D eigenvalue weighted by Gasteiger charge is -2.11. The zero-order valence-corrected chi connectivity index (χ0v) is 13.6. The fourth-order valence-corrected chi connectivity index (χ4v) is 2.45. The molecule has 0 aliphatic carbocycles. The number of nitrogens with one attached hydrogen (secondary N) is 1. The molecule has 0 unspecified atom stereocenters. The van der Waals surface area contributed by atoms with Gasteiger partial charge >= 0.3 is 6.18 Å². The summed E-state index contributed by atoms with van der Waals surface area (Å²) < 4.78 is 38.3. The van der Waals surface area contributed by atoms with Gasteiger partial charge in [0.2, 0.25) is 5.95 Å². The molecule has 2 heterocycles. The molecule has 0 bridgehead atoms. The van der Waals surface area contributed by atoms with E-state index in [4.69, 9.17) is 0 Å². The number of halogens is 3. The summed E-state index contributed by atoms with van der Waals surface area (Å²) in [5.74, 6) is -0.0997. The van der Waals surface area contributed by atoms with Crippen molar-refractivity contribution in [3.8, 4) is 11.1 Å². The lowest BCUT2D eigenvalue weighted by Crippen LogP contribution is -2.10. The first kappa shape index (κ1) is 16.9. The average molecular weight is 344 g/mol. The van der Waals surface area contributed by atoms with E-state index in [1.165, 1.54) is 0 Å². The van der Waals surface area contributed by atoms with E-state index in [1.807, 2.05) is 44.2 Å². The summed E-state index contributed by atoms with van der Waals surface area (Å²) >= 11 is 0. The second-order valence-corrected chi connectivity index (χ2v) is 5.66. The summed E-state index contributed by atoms with van der Waals surface area (Å²) in [6, 6.07) is 10.3. The molecule has 0 amide bonds. The summed E-state index contributed by atoms with van der Waals surface area (Å²) in [5.41, 5.74) is 3.38. The van der Waals surface area contributed by atoms with Crippen LogP contribution in [0.15, 0.2) is 48.8 Å². The van der Waals surface area contributed by atoms with E-state index < -0.39 is 11.9 Å². The normalized spacial score (nSPS) is 11.4. The molecule has 128 valence electrons. The smallest absolute Gasteiger partial charge is 0.324 e. The van der Waals surface area contributed by atoms with Gasteiger partial charge in [0, 0.05) is 23.8 Å². The highest BCUT2D eigenvalue weighted by Gasteiger charge is 2.32. The fraction of sp³-hybridized carbons (Fsp3) is 0.167. The highest BCUT2D eigenvalue weighted by Crippen LogP contribution is 2.29. The van der Waals surface area contributed by atoms with E-state index in [0.717, 1.165) is 34.6 Å². The van der Waals surface area contributed by atoms with Gasteiger partial charge in [-0.1, -0.05) is 6.07 Å². The molecule has 1 N–H and O–H groups in total. The summed E-state index contributed by atoms with van der Waals surface area (Å²) in [6.07, 6.45) is -1.71. The largest absolute Gasteiger partial charge is 0.433 e. The van der Waals surface area contributed by atoms with Crippen molar-refractivity contribution in [2.75, 3.05) is 5.32 Å². The first-order chi connectivity index (χ1) is 11.8. The molecule has 0 aliphatic heterocycles. The van der Waals surface area contributed by atoms with Crippen LogP contribution in [-0.2, 0) is 6.18 Å². The molecule has 3 rings (SSSR count). The van der Waals surface area contributed by atoms with Gasteiger partial charge in [-0.05, 0) is 60.9 Å². The number of alkyl halides is 3. The Labute approximate surface area is 142 Å². The van der Waals surface area contributed by atoms with Crippen LogP contribution in [0, 0.1) is 13.8 Å². The van der Waals surface area contributed by atoms with Gasteiger partial charge in [0.1, 0.15) is 5.69 Å². The monoisotopic (exact) mass is 344 g/mol. The van der Waals surface area contributed by atoms with Gasteiger partial charge in [0.25, 0.3) is 0 Å². The lowest BCUT2D eigenvalue weighted by atomic mass is 10.0. The Bertz CT molecular complexity index is 907. The Kier molecular flexibility index (Phi) is 4.39.